The molecule has 0 unspecified atom stereocenters. The molecule has 1 aliphatic heterocycles. The van der Waals surface area contributed by atoms with Gasteiger partial charge >= 0.3 is 6.09 Å². The van der Waals surface area contributed by atoms with Crippen LogP contribution in [0, 0.1) is 0 Å². The maximum Gasteiger partial charge on any atom is 0.410 e. The highest BCUT2D eigenvalue weighted by Gasteiger charge is 2.32. The molecule has 0 aromatic carbocycles. The van der Waals surface area contributed by atoms with Gasteiger partial charge in [0, 0.05) is 25.1 Å². The number of halogens is 1. The fourth-order valence-electron chi connectivity index (χ4n) is 2.25. The van der Waals surface area contributed by atoms with Crippen molar-refractivity contribution in [3.05, 3.63) is 15.9 Å². The molecule has 0 bridgehead atoms. The second-order valence-electron chi connectivity index (χ2n) is 6.04. The van der Waals surface area contributed by atoms with E-state index in [1.807, 2.05) is 27.8 Å². The van der Waals surface area contributed by atoms with E-state index in [0.717, 1.165) is 15.9 Å². The molecule has 0 aliphatic carbocycles. The largest absolute Gasteiger partial charge is 0.444 e. The van der Waals surface area contributed by atoms with E-state index in [1.54, 1.807) is 9.58 Å². The van der Waals surface area contributed by atoms with Crippen molar-refractivity contribution in [3.63, 3.8) is 0 Å². The molecule has 1 aromatic rings. The number of carbonyl (C=O) groups is 1. The number of carbonyl (C=O) groups excluding carboxylic acids is 1. The number of rotatable bonds is 0. The van der Waals surface area contributed by atoms with Crippen molar-refractivity contribution in [3.8, 4) is 0 Å². The van der Waals surface area contributed by atoms with E-state index < -0.39 is 5.60 Å². The van der Waals surface area contributed by atoms with Crippen LogP contribution >= 0.6 is 15.9 Å². The van der Waals surface area contributed by atoms with Crippen molar-refractivity contribution >= 4 is 22.0 Å². The summed E-state index contributed by atoms with van der Waals surface area (Å²) in [5.41, 5.74) is 1.67. The molecule has 0 saturated carbocycles. The molecule has 1 aliphatic rings. The molecular formula is C13H20BrN3O2. The molecule has 0 N–H and O–H groups in total. The Labute approximate surface area is 122 Å². The number of aromatic nitrogens is 2. The lowest BCUT2D eigenvalue weighted by atomic mass is 9.99. The molecular weight excluding hydrogens is 310 g/mol. The molecule has 2 heterocycles. The number of hydrogen-bond acceptors (Lipinski definition) is 3. The first kappa shape index (κ1) is 14.4. The summed E-state index contributed by atoms with van der Waals surface area (Å²) in [7, 11) is 1.90. The second-order valence-corrected chi connectivity index (χ2v) is 6.79. The van der Waals surface area contributed by atoms with Crippen LogP contribution in [-0.2, 0) is 18.3 Å². The van der Waals surface area contributed by atoms with Crippen molar-refractivity contribution in [1.29, 1.82) is 0 Å². The molecule has 0 radical (unpaired) electrons. The fourth-order valence-corrected chi connectivity index (χ4v) is 2.65. The molecule has 5 nitrogen and oxygen atoms in total. The first-order valence-electron chi connectivity index (χ1n) is 6.38. The minimum absolute atomic E-state index is 0.216. The summed E-state index contributed by atoms with van der Waals surface area (Å²) in [5.74, 6) is 0.216. The highest BCUT2D eigenvalue weighted by molar-refractivity contribution is 9.10. The van der Waals surface area contributed by atoms with Gasteiger partial charge in [-0.2, -0.15) is 5.10 Å². The van der Waals surface area contributed by atoms with Crippen LogP contribution in [0.5, 0.6) is 0 Å². The fraction of sp³-hybridized carbons (Fsp3) is 0.692. The van der Waals surface area contributed by atoms with Gasteiger partial charge in [0.25, 0.3) is 0 Å². The molecule has 1 aromatic heterocycles. The van der Waals surface area contributed by atoms with E-state index in [0.29, 0.717) is 13.1 Å². The highest BCUT2D eigenvalue weighted by Crippen LogP contribution is 2.32. The molecule has 1 amide bonds. The van der Waals surface area contributed by atoms with Crippen LogP contribution in [0.4, 0.5) is 4.79 Å². The van der Waals surface area contributed by atoms with Crippen LogP contribution in [0.3, 0.4) is 0 Å². The van der Waals surface area contributed by atoms with Crippen LogP contribution in [-0.4, -0.2) is 32.9 Å². The molecule has 6 heteroatoms. The van der Waals surface area contributed by atoms with Crippen molar-refractivity contribution in [2.75, 3.05) is 6.54 Å². The molecule has 19 heavy (non-hydrogen) atoms. The molecule has 0 fully saturated rings. The topological polar surface area (TPSA) is 47.4 Å². The lowest BCUT2D eigenvalue weighted by Gasteiger charge is -2.32. The molecule has 0 saturated heterocycles. The Balaban J connectivity index is 2.21. The van der Waals surface area contributed by atoms with Crippen LogP contribution in [0.1, 0.15) is 44.9 Å². The first-order chi connectivity index (χ1) is 8.69. The standard InChI is InChI=1S/C13H20BrN3O2/c1-8-6-17(12(18)19-13(2,3)4)7-9-10(8)15-16(5)11(9)14/h8H,6-7H2,1-5H3/t8-/m1/s1. The number of amides is 1. The minimum Gasteiger partial charge on any atom is -0.444 e. The minimum atomic E-state index is -0.466. The van der Waals surface area contributed by atoms with Crippen molar-refractivity contribution in [2.45, 2.75) is 45.8 Å². The molecule has 2 rings (SSSR count). The zero-order chi connectivity index (χ0) is 14.4. The van der Waals surface area contributed by atoms with Crippen molar-refractivity contribution in [2.24, 2.45) is 7.05 Å². The Kier molecular flexibility index (Phi) is 3.64. The maximum atomic E-state index is 12.1. The summed E-state index contributed by atoms with van der Waals surface area (Å²) in [6, 6.07) is 0. The predicted molar refractivity (Wildman–Crippen MR) is 76.0 cm³/mol. The van der Waals surface area contributed by atoms with Gasteiger partial charge in [0.05, 0.1) is 12.2 Å². The zero-order valence-corrected chi connectivity index (χ0v) is 13.6. The Morgan fingerprint density at radius 3 is 2.68 bits per heavy atom. The van der Waals surface area contributed by atoms with E-state index in [-0.39, 0.29) is 12.0 Å². The van der Waals surface area contributed by atoms with Gasteiger partial charge in [-0.15, -0.1) is 0 Å². The number of aryl methyl sites for hydroxylation is 1. The number of ether oxygens (including phenoxy) is 1. The maximum absolute atomic E-state index is 12.1. The third-order valence-corrected chi connectivity index (χ3v) is 4.05. The quantitative estimate of drug-likeness (QED) is 0.735. The van der Waals surface area contributed by atoms with E-state index in [4.69, 9.17) is 4.74 Å². The van der Waals surface area contributed by atoms with Crippen molar-refractivity contribution < 1.29 is 9.53 Å². The average molecular weight is 330 g/mol. The summed E-state index contributed by atoms with van der Waals surface area (Å²) in [4.78, 5) is 13.9. The van der Waals surface area contributed by atoms with Crippen LogP contribution in [0.25, 0.3) is 0 Å². The van der Waals surface area contributed by atoms with Crippen molar-refractivity contribution in [1.82, 2.24) is 14.7 Å². The second kappa shape index (κ2) is 4.81. The summed E-state index contributed by atoms with van der Waals surface area (Å²) >= 11 is 3.52. The third kappa shape index (κ3) is 2.94. The van der Waals surface area contributed by atoms with Gasteiger partial charge in [-0.1, -0.05) is 6.92 Å². The van der Waals surface area contributed by atoms with E-state index in [9.17, 15) is 4.79 Å². The number of nitrogens with zero attached hydrogens (tertiary/aromatic N) is 3. The molecule has 106 valence electrons. The Morgan fingerprint density at radius 1 is 1.47 bits per heavy atom. The monoisotopic (exact) mass is 329 g/mol. The summed E-state index contributed by atoms with van der Waals surface area (Å²) in [6.45, 7) is 8.90. The van der Waals surface area contributed by atoms with Gasteiger partial charge in [0.2, 0.25) is 0 Å². The van der Waals surface area contributed by atoms with E-state index in [1.165, 1.54) is 0 Å². The van der Waals surface area contributed by atoms with Gasteiger partial charge in [0.1, 0.15) is 10.2 Å². The highest BCUT2D eigenvalue weighted by atomic mass is 79.9. The summed E-state index contributed by atoms with van der Waals surface area (Å²) in [5, 5.41) is 4.49. The van der Waals surface area contributed by atoms with E-state index >= 15 is 0 Å². The molecule has 0 spiro atoms. The Morgan fingerprint density at radius 2 is 2.11 bits per heavy atom. The zero-order valence-electron chi connectivity index (χ0n) is 12.0. The van der Waals surface area contributed by atoms with E-state index in [2.05, 4.69) is 28.0 Å². The normalized spacial score (nSPS) is 19.3. The smallest absolute Gasteiger partial charge is 0.410 e. The summed E-state index contributed by atoms with van der Waals surface area (Å²) in [6.07, 6.45) is -0.263. The average Bonchev–Trinajstić information content (AvgIpc) is 2.54. The Hall–Kier alpha value is -1.04. The number of hydrogen-bond donors (Lipinski definition) is 0. The lowest BCUT2D eigenvalue weighted by Crippen LogP contribution is -2.40. The van der Waals surface area contributed by atoms with Gasteiger partial charge in [-0.3, -0.25) is 4.68 Å². The Bertz CT molecular complexity index is 505. The van der Waals surface area contributed by atoms with Gasteiger partial charge in [-0.25, -0.2) is 4.79 Å². The molecule has 1 atom stereocenters. The predicted octanol–water partition coefficient (Wildman–Crippen LogP) is 3.04. The summed E-state index contributed by atoms with van der Waals surface area (Å²) < 4.78 is 8.17. The van der Waals surface area contributed by atoms with Crippen LogP contribution in [0.2, 0.25) is 0 Å². The van der Waals surface area contributed by atoms with Crippen LogP contribution in [0.15, 0.2) is 4.60 Å². The lowest BCUT2D eigenvalue weighted by molar-refractivity contribution is 0.0208. The SMILES string of the molecule is C[C@@H]1CN(C(=O)OC(C)(C)C)Cc2c1nn(C)c2Br. The first-order valence-corrected chi connectivity index (χ1v) is 7.17. The van der Waals surface area contributed by atoms with Gasteiger partial charge < -0.3 is 9.64 Å². The third-order valence-electron chi connectivity index (χ3n) is 3.06. The van der Waals surface area contributed by atoms with Gasteiger partial charge in [0.15, 0.2) is 0 Å². The van der Waals surface area contributed by atoms with Gasteiger partial charge in [-0.05, 0) is 36.7 Å². The van der Waals surface area contributed by atoms with Crippen LogP contribution < -0.4 is 0 Å². The number of fused-ring (bicyclic) bond motifs is 1.